The molecule has 50 heavy (non-hydrogen) atoms. The molecule has 2 unspecified atom stereocenters. The Morgan fingerprint density at radius 1 is 0.740 bits per heavy atom. The molecule has 0 spiro atoms. The molecule has 0 bridgehead atoms. The molecule has 1 aromatic heterocycles. The predicted molar refractivity (Wildman–Crippen MR) is 161 cm³/mol. The molecule has 2 amide bonds. The molecule has 4 aromatic carbocycles. The first-order valence-electron chi connectivity index (χ1n) is 14.5. The number of hydrogen-bond acceptors (Lipinski definition) is 3. The maximum Gasteiger partial charge on any atom is 0.461 e. The van der Waals surface area contributed by atoms with Crippen molar-refractivity contribution in [2.24, 2.45) is 5.73 Å². The first-order chi connectivity index (χ1) is 23.6. The predicted octanol–water partition coefficient (Wildman–Crippen LogP) is 9.20. The average Bonchev–Trinajstić information content (AvgIpc) is 3.04. The number of pyridine rings is 1. The number of nitrogens with two attached hydrogens (primary N) is 1. The van der Waals surface area contributed by atoms with Crippen molar-refractivity contribution in [1.29, 1.82) is 0 Å². The number of rotatable bonds is 11. The third-order valence-corrected chi connectivity index (χ3v) is 7.57. The van der Waals surface area contributed by atoms with Crippen molar-refractivity contribution < 1.29 is 53.4 Å². The van der Waals surface area contributed by atoms with Gasteiger partial charge in [-0.2, -0.15) is 17.6 Å². The number of primary amides is 1. The van der Waals surface area contributed by atoms with Crippen LogP contribution in [0.2, 0.25) is 0 Å². The van der Waals surface area contributed by atoms with E-state index < -0.39 is 76.6 Å². The third kappa shape index (κ3) is 7.98. The first kappa shape index (κ1) is 35.7. The summed E-state index contributed by atoms with van der Waals surface area (Å²) in [5.74, 6) is -11.9. The fourth-order valence-corrected chi connectivity index (χ4v) is 5.47. The summed E-state index contributed by atoms with van der Waals surface area (Å²) in [6.07, 6.45) is -8.31. The number of anilines is 1. The molecule has 0 fully saturated rings. The molecule has 0 aliphatic carbocycles. The van der Waals surface area contributed by atoms with E-state index in [1.165, 1.54) is 30.5 Å². The van der Waals surface area contributed by atoms with E-state index in [1.54, 1.807) is 0 Å². The van der Waals surface area contributed by atoms with Crippen molar-refractivity contribution in [3.8, 4) is 5.75 Å². The van der Waals surface area contributed by atoms with Gasteiger partial charge < -0.3 is 15.8 Å². The van der Waals surface area contributed by atoms with E-state index in [0.717, 1.165) is 42.5 Å². The van der Waals surface area contributed by atoms with E-state index in [-0.39, 0.29) is 28.9 Å². The number of carbonyl (C=O) groups is 1. The van der Waals surface area contributed by atoms with Crippen molar-refractivity contribution in [3.05, 3.63) is 160 Å². The number of urea groups is 1. The molecule has 0 radical (unpaired) electrons. The molecular formula is C35H23F10N3O2. The largest absolute Gasteiger partial charge is 0.461 e. The molecule has 3 N–H and O–H groups in total. The lowest BCUT2D eigenvalue weighted by atomic mass is 9.74. The van der Waals surface area contributed by atoms with Crippen LogP contribution < -0.4 is 15.8 Å². The highest BCUT2D eigenvalue weighted by Crippen LogP contribution is 2.48. The summed E-state index contributed by atoms with van der Waals surface area (Å²) in [4.78, 5) is 16.0. The normalized spacial score (nSPS) is 12.9. The molecular weight excluding hydrogens is 684 g/mol. The van der Waals surface area contributed by atoms with Crippen LogP contribution in [0.1, 0.15) is 45.3 Å². The van der Waals surface area contributed by atoms with Crippen LogP contribution in [0.15, 0.2) is 91.1 Å². The van der Waals surface area contributed by atoms with Gasteiger partial charge in [0, 0.05) is 35.0 Å². The summed E-state index contributed by atoms with van der Waals surface area (Å²) in [7, 11) is 0. The Morgan fingerprint density at radius 2 is 1.42 bits per heavy atom. The first-order valence-corrected chi connectivity index (χ1v) is 14.5. The summed E-state index contributed by atoms with van der Waals surface area (Å²) < 4.78 is 146. The van der Waals surface area contributed by atoms with Gasteiger partial charge in [0.25, 0.3) is 0 Å². The maximum atomic E-state index is 15.3. The van der Waals surface area contributed by atoms with Crippen LogP contribution in [0.25, 0.3) is 0 Å². The quantitative estimate of drug-likeness (QED) is 0.135. The Hall–Kier alpha value is -5.60. The zero-order valence-corrected chi connectivity index (χ0v) is 25.2. The van der Waals surface area contributed by atoms with E-state index in [2.05, 4.69) is 15.0 Å². The minimum absolute atomic E-state index is 0.0407. The summed E-state index contributed by atoms with van der Waals surface area (Å²) in [6.45, 7) is 0. The van der Waals surface area contributed by atoms with Crippen LogP contribution in [0.4, 0.5) is 54.4 Å². The molecule has 0 aliphatic rings. The van der Waals surface area contributed by atoms with Gasteiger partial charge in [-0.25, -0.2) is 31.1 Å². The zero-order valence-electron chi connectivity index (χ0n) is 25.2. The minimum atomic E-state index is -5.22. The fraction of sp³-hybridized carbons (Fsp3) is 0.143. The van der Waals surface area contributed by atoms with Crippen molar-refractivity contribution in [2.45, 2.75) is 30.8 Å². The third-order valence-electron chi connectivity index (χ3n) is 7.57. The molecule has 0 saturated heterocycles. The summed E-state index contributed by atoms with van der Waals surface area (Å²) in [6, 6.07) is 12.9. The van der Waals surface area contributed by atoms with Gasteiger partial charge in [0.05, 0.1) is 0 Å². The molecule has 0 aliphatic heterocycles. The Kier molecular flexibility index (Phi) is 10.3. The zero-order chi connectivity index (χ0) is 36.3. The van der Waals surface area contributed by atoms with Gasteiger partial charge >= 0.3 is 18.6 Å². The average molecular weight is 708 g/mol. The van der Waals surface area contributed by atoms with E-state index >= 15 is 8.78 Å². The number of amides is 2. The van der Waals surface area contributed by atoms with Gasteiger partial charge in [0.1, 0.15) is 5.82 Å². The van der Waals surface area contributed by atoms with Crippen LogP contribution in [0.5, 0.6) is 5.75 Å². The van der Waals surface area contributed by atoms with Crippen molar-refractivity contribution in [3.63, 3.8) is 0 Å². The SMILES string of the molecule is NC(=O)Nc1cc(F)cc(C(c2ccc(Cc3ccc(F)c(F)c3)cn2)C(c2ccc(F)c(F)c2)c2cccc(F)c2OC(F)(F)C(F)F)c1. The van der Waals surface area contributed by atoms with Gasteiger partial charge in [-0.15, -0.1) is 0 Å². The smallest absolute Gasteiger partial charge is 0.425 e. The van der Waals surface area contributed by atoms with Gasteiger partial charge in [-0.05, 0) is 83.3 Å². The molecule has 260 valence electrons. The lowest BCUT2D eigenvalue weighted by molar-refractivity contribution is -0.254. The van der Waals surface area contributed by atoms with Crippen molar-refractivity contribution in [1.82, 2.24) is 4.98 Å². The second-order valence-electron chi connectivity index (χ2n) is 11.0. The van der Waals surface area contributed by atoms with Crippen LogP contribution in [0.3, 0.4) is 0 Å². The number of aromatic nitrogens is 1. The van der Waals surface area contributed by atoms with Crippen molar-refractivity contribution >= 4 is 11.7 Å². The van der Waals surface area contributed by atoms with E-state index in [0.29, 0.717) is 29.3 Å². The number of halogens is 10. The van der Waals surface area contributed by atoms with E-state index in [1.807, 2.05) is 0 Å². The van der Waals surface area contributed by atoms with Crippen molar-refractivity contribution in [2.75, 3.05) is 5.32 Å². The number of alkyl halides is 4. The second kappa shape index (κ2) is 14.5. The van der Waals surface area contributed by atoms with Gasteiger partial charge in [-0.3, -0.25) is 4.98 Å². The number of nitrogens with zero attached hydrogens (tertiary/aromatic N) is 1. The fourth-order valence-electron chi connectivity index (χ4n) is 5.47. The molecule has 1 heterocycles. The van der Waals surface area contributed by atoms with Crippen LogP contribution in [0, 0.1) is 34.9 Å². The summed E-state index contributed by atoms with van der Waals surface area (Å²) in [5.41, 5.74) is 4.80. The standard InChI is InChI=1S/C35H23F10N3O2/c36-21-12-20(13-22(15-21)48-34(46)49)31(29-9-5-18(16-47-29)10-17-4-7-24(37)27(40)11-17)30(19-6-8-25(38)28(41)14-19)23-2-1-3-26(39)32(23)50-35(44,45)33(42)43/h1-9,11-16,30-31,33H,10H2,(H3,46,48,49). The van der Waals surface area contributed by atoms with Gasteiger partial charge in [0.15, 0.2) is 34.8 Å². The number of para-hydroxylation sites is 1. The highest BCUT2D eigenvalue weighted by molar-refractivity contribution is 5.87. The Balaban J connectivity index is 1.76. The van der Waals surface area contributed by atoms with E-state index in [9.17, 15) is 39.9 Å². The molecule has 15 heteroatoms. The number of hydrogen-bond donors (Lipinski definition) is 2. The molecule has 0 saturated carbocycles. The Labute approximate surface area is 277 Å². The lowest BCUT2D eigenvalue weighted by Crippen LogP contribution is -2.34. The lowest BCUT2D eigenvalue weighted by Gasteiger charge is -2.31. The highest BCUT2D eigenvalue weighted by Gasteiger charge is 2.46. The summed E-state index contributed by atoms with van der Waals surface area (Å²) >= 11 is 0. The van der Waals surface area contributed by atoms with Crippen LogP contribution >= 0.6 is 0 Å². The molecule has 5 aromatic rings. The monoisotopic (exact) mass is 707 g/mol. The second-order valence-corrected chi connectivity index (χ2v) is 11.0. The number of ether oxygens (including phenoxy) is 1. The molecule has 2 atom stereocenters. The molecule has 5 nitrogen and oxygen atoms in total. The number of carbonyl (C=O) groups excluding carboxylic acids is 1. The number of benzene rings is 4. The van der Waals surface area contributed by atoms with E-state index in [4.69, 9.17) is 5.73 Å². The minimum Gasteiger partial charge on any atom is -0.425 e. The van der Waals surface area contributed by atoms with Gasteiger partial charge in [-0.1, -0.05) is 30.3 Å². The summed E-state index contributed by atoms with van der Waals surface area (Å²) in [5, 5.41) is 2.18. The van der Waals surface area contributed by atoms with Crippen LogP contribution in [-0.4, -0.2) is 23.5 Å². The van der Waals surface area contributed by atoms with Crippen LogP contribution in [-0.2, 0) is 6.42 Å². The maximum absolute atomic E-state index is 15.3. The topological polar surface area (TPSA) is 77.2 Å². The highest BCUT2D eigenvalue weighted by atomic mass is 19.3. The number of nitrogens with one attached hydrogen (secondary N) is 1. The molecule has 5 rings (SSSR count). The Morgan fingerprint density at radius 3 is 2.04 bits per heavy atom. The Bertz CT molecular complexity index is 2030. The van der Waals surface area contributed by atoms with Gasteiger partial charge in [0.2, 0.25) is 0 Å².